The Morgan fingerprint density at radius 2 is 2.12 bits per heavy atom. The fourth-order valence-electron chi connectivity index (χ4n) is 1.36. The van der Waals surface area contributed by atoms with Crippen LogP contribution < -0.4 is 0 Å². The molecule has 0 unspecified atom stereocenters. The third-order valence-corrected chi connectivity index (χ3v) is 2.26. The van der Waals surface area contributed by atoms with E-state index in [1.54, 1.807) is 6.92 Å². The van der Waals surface area contributed by atoms with E-state index < -0.39 is 0 Å². The van der Waals surface area contributed by atoms with Crippen molar-refractivity contribution >= 4 is 5.97 Å². The van der Waals surface area contributed by atoms with Crippen molar-refractivity contribution in [3.63, 3.8) is 0 Å². The Labute approximate surface area is 96.6 Å². The van der Waals surface area contributed by atoms with Crippen molar-refractivity contribution in [2.75, 3.05) is 6.61 Å². The molecule has 0 fully saturated rings. The smallest absolute Gasteiger partial charge is 0.310 e. The molecule has 1 aromatic rings. The highest BCUT2D eigenvalue weighted by atomic mass is 16.5. The van der Waals surface area contributed by atoms with Gasteiger partial charge < -0.3 is 4.74 Å². The Morgan fingerprint density at radius 3 is 2.81 bits per heavy atom. The molecule has 84 valence electrons. The van der Waals surface area contributed by atoms with Gasteiger partial charge in [0.15, 0.2) is 0 Å². The standard InChI is InChI=1S/C14H16O2/c1-3-4-7-10-16-14(15)11-13-9-6-5-8-12(13)2/h5-6,8-9H,7,10-11H2,1-2H3. The fraction of sp³-hybridized carbons (Fsp3) is 0.357. The van der Waals surface area contributed by atoms with Crippen LogP contribution in [0.1, 0.15) is 24.5 Å². The molecule has 0 aliphatic carbocycles. The maximum Gasteiger partial charge on any atom is 0.310 e. The van der Waals surface area contributed by atoms with Gasteiger partial charge in [-0.25, -0.2) is 0 Å². The van der Waals surface area contributed by atoms with Crippen molar-refractivity contribution in [3.05, 3.63) is 35.4 Å². The monoisotopic (exact) mass is 216 g/mol. The van der Waals surface area contributed by atoms with Gasteiger partial charge in [0.05, 0.1) is 6.42 Å². The van der Waals surface area contributed by atoms with Crippen LogP contribution in [-0.4, -0.2) is 12.6 Å². The van der Waals surface area contributed by atoms with Gasteiger partial charge in [-0.1, -0.05) is 24.3 Å². The minimum absolute atomic E-state index is 0.188. The molecule has 0 radical (unpaired) electrons. The van der Waals surface area contributed by atoms with Crippen molar-refractivity contribution in [2.24, 2.45) is 0 Å². The first-order valence-electron chi connectivity index (χ1n) is 5.33. The van der Waals surface area contributed by atoms with Crippen molar-refractivity contribution in [3.8, 4) is 11.8 Å². The minimum Gasteiger partial charge on any atom is -0.464 e. The Hall–Kier alpha value is -1.75. The lowest BCUT2D eigenvalue weighted by atomic mass is 10.1. The summed E-state index contributed by atoms with van der Waals surface area (Å²) in [6.45, 7) is 4.14. The summed E-state index contributed by atoms with van der Waals surface area (Å²) in [4.78, 5) is 11.5. The van der Waals surface area contributed by atoms with Crippen LogP contribution in [0.3, 0.4) is 0 Å². The lowest BCUT2D eigenvalue weighted by Gasteiger charge is -2.05. The van der Waals surface area contributed by atoms with Crippen LogP contribution in [0.25, 0.3) is 0 Å². The van der Waals surface area contributed by atoms with E-state index in [2.05, 4.69) is 11.8 Å². The SMILES string of the molecule is CC#CCCOC(=O)Cc1ccccc1C. The maximum atomic E-state index is 11.5. The molecule has 0 aliphatic heterocycles. The number of ether oxygens (including phenoxy) is 1. The summed E-state index contributed by atoms with van der Waals surface area (Å²) < 4.78 is 5.06. The summed E-state index contributed by atoms with van der Waals surface area (Å²) in [6.07, 6.45) is 0.947. The van der Waals surface area contributed by atoms with Gasteiger partial charge in [0.2, 0.25) is 0 Å². The van der Waals surface area contributed by atoms with Gasteiger partial charge in [0.1, 0.15) is 6.61 Å². The highest BCUT2D eigenvalue weighted by Gasteiger charge is 2.05. The summed E-state index contributed by atoms with van der Waals surface area (Å²) in [5.74, 6) is 5.42. The molecule has 2 heteroatoms. The summed E-state index contributed by atoms with van der Waals surface area (Å²) in [7, 11) is 0. The van der Waals surface area contributed by atoms with Gasteiger partial charge >= 0.3 is 5.97 Å². The second-order valence-corrected chi connectivity index (χ2v) is 3.50. The maximum absolute atomic E-state index is 11.5. The molecule has 0 spiro atoms. The normalized spacial score (nSPS) is 9.12. The van der Waals surface area contributed by atoms with E-state index in [4.69, 9.17) is 4.74 Å². The Balaban J connectivity index is 2.39. The molecule has 0 N–H and O–H groups in total. The molecular formula is C14H16O2. The minimum atomic E-state index is -0.188. The molecule has 2 nitrogen and oxygen atoms in total. The van der Waals surface area contributed by atoms with Gasteiger partial charge in [0, 0.05) is 6.42 Å². The highest BCUT2D eigenvalue weighted by molar-refractivity contribution is 5.73. The van der Waals surface area contributed by atoms with E-state index in [1.165, 1.54) is 0 Å². The molecule has 0 saturated heterocycles. The molecule has 0 atom stereocenters. The van der Waals surface area contributed by atoms with Crippen molar-refractivity contribution in [2.45, 2.75) is 26.7 Å². The highest BCUT2D eigenvalue weighted by Crippen LogP contribution is 2.08. The first kappa shape index (κ1) is 12.3. The van der Waals surface area contributed by atoms with Crippen molar-refractivity contribution in [1.29, 1.82) is 0 Å². The number of rotatable bonds is 4. The van der Waals surface area contributed by atoms with E-state index in [0.717, 1.165) is 11.1 Å². The lowest BCUT2D eigenvalue weighted by molar-refractivity contribution is -0.142. The fourth-order valence-corrected chi connectivity index (χ4v) is 1.36. The average molecular weight is 216 g/mol. The number of benzene rings is 1. The van der Waals surface area contributed by atoms with Crippen LogP contribution in [0.2, 0.25) is 0 Å². The first-order valence-corrected chi connectivity index (χ1v) is 5.33. The topological polar surface area (TPSA) is 26.3 Å². The number of carbonyl (C=O) groups is 1. The Bertz CT molecular complexity index is 410. The van der Waals surface area contributed by atoms with Gasteiger partial charge in [-0.15, -0.1) is 11.8 Å². The Kier molecular flexibility index (Phi) is 5.15. The summed E-state index contributed by atoms with van der Waals surface area (Å²) >= 11 is 0. The lowest BCUT2D eigenvalue weighted by Crippen LogP contribution is -2.09. The predicted octanol–water partition coefficient (Wildman–Crippen LogP) is 2.49. The molecule has 1 aromatic carbocycles. The molecule has 1 rings (SSSR count). The molecular weight excluding hydrogens is 200 g/mol. The van der Waals surface area contributed by atoms with E-state index >= 15 is 0 Å². The first-order chi connectivity index (χ1) is 7.74. The van der Waals surface area contributed by atoms with E-state index in [-0.39, 0.29) is 5.97 Å². The third-order valence-electron chi connectivity index (χ3n) is 2.26. The predicted molar refractivity (Wildman–Crippen MR) is 63.9 cm³/mol. The molecule has 0 amide bonds. The molecule has 0 saturated carbocycles. The second-order valence-electron chi connectivity index (χ2n) is 3.50. The zero-order valence-electron chi connectivity index (χ0n) is 9.75. The number of hydrogen-bond acceptors (Lipinski definition) is 2. The summed E-state index contributed by atoms with van der Waals surface area (Å²) in [5.41, 5.74) is 2.14. The van der Waals surface area contributed by atoms with Gasteiger partial charge in [-0.3, -0.25) is 4.79 Å². The third kappa shape index (κ3) is 4.18. The van der Waals surface area contributed by atoms with Crippen molar-refractivity contribution in [1.82, 2.24) is 0 Å². The zero-order chi connectivity index (χ0) is 11.8. The van der Waals surface area contributed by atoms with Gasteiger partial charge in [-0.2, -0.15) is 0 Å². The van der Waals surface area contributed by atoms with Crippen LogP contribution in [0, 0.1) is 18.8 Å². The van der Waals surface area contributed by atoms with Crippen LogP contribution in [-0.2, 0) is 16.0 Å². The Morgan fingerprint density at radius 1 is 1.38 bits per heavy atom. The summed E-state index contributed by atoms with van der Waals surface area (Å²) in [5, 5.41) is 0. The number of hydrogen-bond donors (Lipinski definition) is 0. The average Bonchev–Trinajstić information content (AvgIpc) is 2.28. The van der Waals surface area contributed by atoms with Crippen molar-refractivity contribution < 1.29 is 9.53 Å². The molecule has 16 heavy (non-hydrogen) atoms. The molecule has 0 aliphatic rings. The summed E-state index contributed by atoms with van der Waals surface area (Å²) in [6, 6.07) is 7.83. The number of esters is 1. The molecule has 0 bridgehead atoms. The second kappa shape index (κ2) is 6.68. The van der Waals surface area contributed by atoms with Crippen LogP contribution in [0.5, 0.6) is 0 Å². The largest absolute Gasteiger partial charge is 0.464 e. The number of aryl methyl sites for hydroxylation is 1. The molecule has 0 heterocycles. The van der Waals surface area contributed by atoms with Crippen LogP contribution in [0.4, 0.5) is 0 Å². The van der Waals surface area contributed by atoms with Gasteiger partial charge in [-0.05, 0) is 25.0 Å². The zero-order valence-corrected chi connectivity index (χ0v) is 9.75. The van der Waals surface area contributed by atoms with E-state index in [0.29, 0.717) is 19.4 Å². The quantitative estimate of drug-likeness (QED) is 0.439. The molecule has 0 aromatic heterocycles. The van der Waals surface area contributed by atoms with Crippen LogP contribution >= 0.6 is 0 Å². The van der Waals surface area contributed by atoms with Crippen LogP contribution in [0.15, 0.2) is 24.3 Å². The number of carbonyl (C=O) groups excluding carboxylic acids is 1. The van der Waals surface area contributed by atoms with E-state index in [9.17, 15) is 4.79 Å². The van der Waals surface area contributed by atoms with E-state index in [1.807, 2.05) is 31.2 Å². The van der Waals surface area contributed by atoms with Gasteiger partial charge in [0.25, 0.3) is 0 Å².